The van der Waals surface area contributed by atoms with E-state index in [2.05, 4.69) is 34.2 Å². The molecular formula is C28H29N3O7S. The van der Waals surface area contributed by atoms with Crippen LogP contribution in [0.2, 0.25) is 0 Å². The summed E-state index contributed by atoms with van der Waals surface area (Å²) in [6.45, 7) is 0. The Morgan fingerprint density at radius 1 is 0.795 bits per heavy atom. The molecule has 0 spiro atoms. The molecule has 6 N–H and O–H groups in total. The number of hydrogen-bond donors (Lipinski definition) is 5. The highest BCUT2D eigenvalue weighted by Gasteiger charge is 2.27. The van der Waals surface area contributed by atoms with Gasteiger partial charge in [0, 0.05) is 17.7 Å². The Kier molecular flexibility index (Phi) is 10.3. The SMILES string of the molecule is NC(=O)[C@H](CCC(=O)O)NC(=O)C(CC(=O)O)NC(=O)CCc1ccc(-c2cc(-c3ccccc3)cs2)cc1. The molecule has 0 bridgehead atoms. The van der Waals surface area contributed by atoms with Crippen LogP contribution in [0.3, 0.4) is 0 Å². The van der Waals surface area contributed by atoms with E-state index in [9.17, 15) is 24.0 Å². The maximum absolute atomic E-state index is 12.6. The van der Waals surface area contributed by atoms with Crippen molar-refractivity contribution in [2.45, 2.75) is 44.2 Å². The average molecular weight is 552 g/mol. The Morgan fingerprint density at radius 3 is 2.10 bits per heavy atom. The quantitative estimate of drug-likeness (QED) is 0.205. The molecule has 204 valence electrons. The lowest BCUT2D eigenvalue weighted by molar-refractivity contribution is -0.141. The van der Waals surface area contributed by atoms with E-state index in [-0.39, 0.29) is 12.8 Å². The first-order chi connectivity index (χ1) is 18.6. The van der Waals surface area contributed by atoms with Crippen LogP contribution in [-0.2, 0) is 30.4 Å². The van der Waals surface area contributed by atoms with Crippen molar-refractivity contribution < 1.29 is 34.2 Å². The number of carbonyl (C=O) groups is 5. The summed E-state index contributed by atoms with van der Waals surface area (Å²) in [5.41, 5.74) is 9.42. The number of carbonyl (C=O) groups excluding carboxylic acids is 3. The second-order valence-corrected chi connectivity index (χ2v) is 9.79. The molecule has 0 aliphatic rings. The lowest BCUT2D eigenvalue weighted by atomic mass is 10.0. The third kappa shape index (κ3) is 9.08. The number of benzene rings is 2. The Bertz CT molecular complexity index is 1320. The van der Waals surface area contributed by atoms with E-state index in [1.54, 1.807) is 11.3 Å². The molecule has 3 amide bonds. The minimum absolute atomic E-state index is 0.00182. The molecule has 2 aromatic carbocycles. The highest BCUT2D eigenvalue weighted by Crippen LogP contribution is 2.32. The molecule has 10 nitrogen and oxygen atoms in total. The second kappa shape index (κ2) is 13.9. The molecule has 11 heteroatoms. The zero-order chi connectivity index (χ0) is 28.4. The molecule has 3 rings (SSSR count). The largest absolute Gasteiger partial charge is 0.481 e. The number of amides is 3. The lowest BCUT2D eigenvalue weighted by Gasteiger charge is -2.20. The zero-order valence-corrected chi connectivity index (χ0v) is 21.8. The van der Waals surface area contributed by atoms with Gasteiger partial charge < -0.3 is 26.6 Å². The average Bonchev–Trinajstić information content (AvgIpc) is 3.40. The number of primary amides is 1. The van der Waals surface area contributed by atoms with Gasteiger partial charge in [0.15, 0.2) is 0 Å². The van der Waals surface area contributed by atoms with Crippen molar-refractivity contribution in [1.29, 1.82) is 0 Å². The first-order valence-corrected chi connectivity index (χ1v) is 13.1. The van der Waals surface area contributed by atoms with Crippen molar-refractivity contribution in [1.82, 2.24) is 10.6 Å². The van der Waals surface area contributed by atoms with Crippen LogP contribution >= 0.6 is 11.3 Å². The van der Waals surface area contributed by atoms with Crippen molar-refractivity contribution in [3.8, 4) is 21.6 Å². The topological polar surface area (TPSA) is 176 Å². The molecule has 1 heterocycles. The van der Waals surface area contributed by atoms with Crippen molar-refractivity contribution in [3.63, 3.8) is 0 Å². The second-order valence-electron chi connectivity index (χ2n) is 8.88. The van der Waals surface area contributed by atoms with E-state index in [0.717, 1.165) is 27.1 Å². The molecule has 3 aromatic rings. The lowest BCUT2D eigenvalue weighted by Crippen LogP contribution is -2.53. The standard InChI is InChI=1S/C28H29N3O7S/c29-27(37)21(11-13-25(33)34)31-28(38)22(15-26(35)36)30-24(32)12-8-17-6-9-19(10-7-17)23-14-20(16-39-23)18-4-2-1-3-5-18/h1-7,9-10,14,16,21-22H,8,11-13,15H2,(H2,29,37)(H,30,32)(H,31,38)(H,33,34)(H,35,36)/t21-,22?/m0/s1. The van der Waals surface area contributed by atoms with Crippen LogP contribution in [-0.4, -0.2) is 52.0 Å². The highest BCUT2D eigenvalue weighted by atomic mass is 32.1. The maximum atomic E-state index is 12.6. The molecule has 0 aliphatic carbocycles. The van der Waals surface area contributed by atoms with Gasteiger partial charge in [0.2, 0.25) is 17.7 Å². The summed E-state index contributed by atoms with van der Waals surface area (Å²) in [4.78, 5) is 59.8. The predicted molar refractivity (Wildman–Crippen MR) is 146 cm³/mol. The summed E-state index contributed by atoms with van der Waals surface area (Å²) in [5.74, 6) is -4.97. The molecule has 0 aliphatic heterocycles. The molecule has 2 atom stereocenters. The van der Waals surface area contributed by atoms with Crippen molar-refractivity contribution >= 4 is 41.0 Å². The number of nitrogens with two attached hydrogens (primary N) is 1. The van der Waals surface area contributed by atoms with Gasteiger partial charge in [0.05, 0.1) is 6.42 Å². The van der Waals surface area contributed by atoms with Crippen LogP contribution in [0, 0.1) is 0 Å². The normalized spacial score (nSPS) is 12.2. The van der Waals surface area contributed by atoms with Crippen LogP contribution < -0.4 is 16.4 Å². The van der Waals surface area contributed by atoms with E-state index in [4.69, 9.17) is 15.9 Å². The Morgan fingerprint density at radius 2 is 1.49 bits per heavy atom. The number of rotatable bonds is 14. The van der Waals surface area contributed by atoms with Crippen LogP contribution in [0.25, 0.3) is 21.6 Å². The van der Waals surface area contributed by atoms with Crippen molar-refractivity contribution in [2.24, 2.45) is 5.73 Å². The van der Waals surface area contributed by atoms with Gasteiger partial charge in [-0.05, 0) is 46.5 Å². The van der Waals surface area contributed by atoms with Gasteiger partial charge in [0.1, 0.15) is 12.1 Å². The van der Waals surface area contributed by atoms with E-state index in [1.807, 2.05) is 42.5 Å². The first-order valence-electron chi connectivity index (χ1n) is 12.2. The minimum Gasteiger partial charge on any atom is -0.481 e. The number of aryl methyl sites for hydroxylation is 1. The minimum atomic E-state index is -1.46. The fourth-order valence-corrected chi connectivity index (χ4v) is 4.76. The fraction of sp³-hybridized carbons (Fsp3) is 0.250. The first kappa shape index (κ1) is 29.1. The van der Waals surface area contributed by atoms with Gasteiger partial charge >= 0.3 is 11.9 Å². The number of nitrogens with one attached hydrogen (secondary N) is 2. The molecule has 39 heavy (non-hydrogen) atoms. The summed E-state index contributed by atoms with van der Waals surface area (Å²) in [5, 5.41) is 24.7. The molecule has 0 radical (unpaired) electrons. The van der Waals surface area contributed by atoms with Gasteiger partial charge in [-0.1, -0.05) is 54.6 Å². The summed E-state index contributed by atoms with van der Waals surface area (Å²) in [6.07, 6.45) is -1.06. The molecular weight excluding hydrogens is 522 g/mol. The number of hydrogen-bond acceptors (Lipinski definition) is 6. The van der Waals surface area contributed by atoms with Gasteiger partial charge in [-0.2, -0.15) is 0 Å². The zero-order valence-electron chi connectivity index (χ0n) is 21.0. The predicted octanol–water partition coefficient (Wildman–Crippen LogP) is 2.81. The Labute approximate surface area is 228 Å². The smallest absolute Gasteiger partial charge is 0.305 e. The third-order valence-corrected chi connectivity index (χ3v) is 6.90. The van der Waals surface area contributed by atoms with Crippen molar-refractivity contribution in [2.75, 3.05) is 0 Å². The summed E-state index contributed by atoms with van der Waals surface area (Å²) < 4.78 is 0. The Hall–Kier alpha value is -4.51. The van der Waals surface area contributed by atoms with E-state index in [0.29, 0.717) is 6.42 Å². The van der Waals surface area contributed by atoms with Gasteiger partial charge in [-0.25, -0.2) is 0 Å². The number of aliphatic carboxylic acids is 2. The molecule has 0 fully saturated rings. The van der Waals surface area contributed by atoms with Crippen LogP contribution in [0.5, 0.6) is 0 Å². The Balaban J connectivity index is 1.56. The van der Waals surface area contributed by atoms with E-state index < -0.39 is 54.6 Å². The number of thiophene rings is 1. The molecule has 1 unspecified atom stereocenters. The summed E-state index contributed by atoms with van der Waals surface area (Å²) in [6, 6.07) is 17.2. The van der Waals surface area contributed by atoms with Gasteiger partial charge in [-0.3, -0.25) is 24.0 Å². The van der Waals surface area contributed by atoms with E-state index in [1.165, 1.54) is 0 Å². The van der Waals surface area contributed by atoms with Gasteiger partial charge in [-0.15, -0.1) is 11.3 Å². The van der Waals surface area contributed by atoms with Crippen LogP contribution in [0.4, 0.5) is 0 Å². The maximum Gasteiger partial charge on any atom is 0.305 e. The number of carboxylic acids is 2. The summed E-state index contributed by atoms with van der Waals surface area (Å²) in [7, 11) is 0. The number of carboxylic acid groups (broad SMARTS) is 2. The summed E-state index contributed by atoms with van der Waals surface area (Å²) >= 11 is 1.64. The van der Waals surface area contributed by atoms with Gasteiger partial charge in [0.25, 0.3) is 0 Å². The van der Waals surface area contributed by atoms with Crippen molar-refractivity contribution in [3.05, 3.63) is 71.6 Å². The third-order valence-electron chi connectivity index (χ3n) is 5.92. The molecule has 1 aromatic heterocycles. The van der Waals surface area contributed by atoms with Crippen LogP contribution in [0.15, 0.2) is 66.0 Å². The highest BCUT2D eigenvalue weighted by molar-refractivity contribution is 7.14. The van der Waals surface area contributed by atoms with Crippen LogP contribution in [0.1, 0.15) is 31.2 Å². The fourth-order valence-electron chi connectivity index (χ4n) is 3.84. The monoisotopic (exact) mass is 551 g/mol. The van der Waals surface area contributed by atoms with E-state index >= 15 is 0 Å². The molecule has 0 saturated carbocycles. The molecule has 0 saturated heterocycles.